The Morgan fingerprint density at radius 1 is 1.35 bits per heavy atom. The zero-order chi connectivity index (χ0) is 12.3. The lowest BCUT2D eigenvalue weighted by molar-refractivity contribution is -0.123. The summed E-state index contributed by atoms with van der Waals surface area (Å²) in [6.45, 7) is 2.83. The Morgan fingerprint density at radius 3 is 2.53 bits per heavy atom. The van der Waals surface area contributed by atoms with E-state index < -0.39 is 0 Å². The van der Waals surface area contributed by atoms with Crippen LogP contribution in [0, 0.1) is 5.82 Å². The van der Waals surface area contributed by atoms with Gasteiger partial charge < -0.3 is 5.32 Å². The molecule has 0 spiro atoms. The number of amides is 1. The lowest BCUT2D eigenvalue weighted by atomic mass is 9.95. The van der Waals surface area contributed by atoms with Crippen LogP contribution < -0.4 is 5.32 Å². The van der Waals surface area contributed by atoms with Crippen molar-refractivity contribution in [1.29, 1.82) is 0 Å². The van der Waals surface area contributed by atoms with E-state index in [1.807, 2.05) is 0 Å². The number of halogens is 1. The summed E-state index contributed by atoms with van der Waals surface area (Å²) < 4.78 is 12.8. The molecule has 1 N–H and O–H groups in total. The molecular weight excluding hydrogens is 217 g/mol. The van der Waals surface area contributed by atoms with Crippen molar-refractivity contribution in [3.8, 4) is 0 Å². The normalized spacial score (nSPS) is 16.6. The molecule has 1 fully saturated rings. The van der Waals surface area contributed by atoms with Crippen molar-refractivity contribution in [2.75, 3.05) is 6.54 Å². The number of unbranched alkanes of at least 4 members (excludes halogenated alkanes) is 1. The van der Waals surface area contributed by atoms with E-state index in [0.717, 1.165) is 37.8 Å². The van der Waals surface area contributed by atoms with E-state index in [4.69, 9.17) is 0 Å². The Labute approximate surface area is 101 Å². The smallest absolute Gasteiger partial charge is 0.230 e. The number of hydrogen-bond donors (Lipinski definition) is 1. The fourth-order valence-electron chi connectivity index (χ4n) is 2.09. The van der Waals surface area contributed by atoms with E-state index in [1.54, 1.807) is 12.1 Å². The van der Waals surface area contributed by atoms with Crippen LogP contribution in [0.5, 0.6) is 0 Å². The van der Waals surface area contributed by atoms with Crippen LogP contribution in [0.3, 0.4) is 0 Å². The van der Waals surface area contributed by atoms with Gasteiger partial charge in [0.2, 0.25) is 5.91 Å². The number of carbonyl (C=O) groups is 1. The van der Waals surface area contributed by atoms with Crippen LogP contribution in [0.4, 0.5) is 4.39 Å². The summed E-state index contributed by atoms with van der Waals surface area (Å²) in [7, 11) is 0. The van der Waals surface area contributed by atoms with Gasteiger partial charge in [0.05, 0.1) is 5.41 Å². The van der Waals surface area contributed by atoms with Crippen molar-refractivity contribution in [3.05, 3.63) is 35.6 Å². The fraction of sp³-hybridized carbons (Fsp3) is 0.500. The molecule has 0 saturated heterocycles. The average molecular weight is 235 g/mol. The topological polar surface area (TPSA) is 29.1 Å². The average Bonchev–Trinajstić information content (AvgIpc) is 3.11. The van der Waals surface area contributed by atoms with Gasteiger partial charge in [0.15, 0.2) is 0 Å². The van der Waals surface area contributed by atoms with Gasteiger partial charge in [0.25, 0.3) is 0 Å². The molecule has 1 aliphatic rings. The highest BCUT2D eigenvalue weighted by Gasteiger charge is 2.50. The first-order valence-electron chi connectivity index (χ1n) is 6.23. The Kier molecular flexibility index (Phi) is 3.46. The molecule has 2 nitrogen and oxygen atoms in total. The molecule has 0 heterocycles. The van der Waals surface area contributed by atoms with Crippen LogP contribution in [0.2, 0.25) is 0 Å². The maximum absolute atomic E-state index is 12.8. The summed E-state index contributed by atoms with van der Waals surface area (Å²) in [5.74, 6) is -0.159. The van der Waals surface area contributed by atoms with Gasteiger partial charge in [-0.2, -0.15) is 0 Å². The number of carbonyl (C=O) groups excluding carboxylic acids is 1. The van der Waals surface area contributed by atoms with Gasteiger partial charge in [0.1, 0.15) is 5.82 Å². The van der Waals surface area contributed by atoms with E-state index in [-0.39, 0.29) is 17.1 Å². The lowest BCUT2D eigenvalue weighted by Gasteiger charge is -2.15. The third kappa shape index (κ3) is 2.48. The molecule has 2 rings (SSSR count). The van der Waals surface area contributed by atoms with E-state index in [1.165, 1.54) is 12.1 Å². The second-order valence-electron chi connectivity index (χ2n) is 4.70. The Hall–Kier alpha value is -1.38. The third-order valence-corrected chi connectivity index (χ3v) is 3.40. The molecule has 17 heavy (non-hydrogen) atoms. The molecule has 1 aromatic carbocycles. The zero-order valence-corrected chi connectivity index (χ0v) is 10.1. The summed E-state index contributed by atoms with van der Waals surface area (Å²) in [4.78, 5) is 12.1. The van der Waals surface area contributed by atoms with Crippen molar-refractivity contribution in [3.63, 3.8) is 0 Å². The first kappa shape index (κ1) is 12.1. The molecule has 3 heteroatoms. The second kappa shape index (κ2) is 4.86. The maximum atomic E-state index is 12.8. The van der Waals surface area contributed by atoms with Crippen LogP contribution in [-0.2, 0) is 10.2 Å². The molecule has 1 aromatic rings. The molecule has 0 radical (unpaired) electrons. The number of nitrogens with one attached hydrogen (secondary N) is 1. The van der Waals surface area contributed by atoms with Crippen molar-refractivity contribution in [2.45, 2.75) is 38.0 Å². The van der Waals surface area contributed by atoms with E-state index >= 15 is 0 Å². The highest BCUT2D eigenvalue weighted by Crippen LogP contribution is 2.48. The predicted octanol–water partition coefficient (Wildman–Crippen LogP) is 2.77. The van der Waals surface area contributed by atoms with Gasteiger partial charge in [-0.05, 0) is 37.0 Å². The van der Waals surface area contributed by atoms with Gasteiger partial charge in [-0.15, -0.1) is 0 Å². The molecule has 0 unspecified atom stereocenters. The fourth-order valence-corrected chi connectivity index (χ4v) is 2.09. The molecule has 0 aromatic heterocycles. The van der Waals surface area contributed by atoms with E-state index in [9.17, 15) is 9.18 Å². The van der Waals surface area contributed by atoms with Crippen LogP contribution in [0.25, 0.3) is 0 Å². The maximum Gasteiger partial charge on any atom is 0.230 e. The Morgan fingerprint density at radius 2 is 2.00 bits per heavy atom. The van der Waals surface area contributed by atoms with Gasteiger partial charge in [-0.1, -0.05) is 25.5 Å². The van der Waals surface area contributed by atoms with Crippen LogP contribution in [-0.4, -0.2) is 12.5 Å². The molecule has 1 saturated carbocycles. The highest BCUT2D eigenvalue weighted by atomic mass is 19.1. The molecule has 0 atom stereocenters. The number of hydrogen-bond acceptors (Lipinski definition) is 1. The van der Waals surface area contributed by atoms with Gasteiger partial charge >= 0.3 is 0 Å². The van der Waals surface area contributed by atoms with E-state index in [0.29, 0.717) is 0 Å². The molecule has 92 valence electrons. The minimum absolute atomic E-state index is 0.0950. The number of rotatable bonds is 5. The summed E-state index contributed by atoms with van der Waals surface area (Å²) in [6, 6.07) is 6.30. The Bertz CT molecular complexity index is 395. The lowest BCUT2D eigenvalue weighted by Crippen LogP contribution is -2.35. The van der Waals surface area contributed by atoms with Crippen molar-refractivity contribution in [2.24, 2.45) is 0 Å². The molecule has 1 amide bonds. The summed E-state index contributed by atoms with van der Waals surface area (Å²) in [6.07, 6.45) is 3.82. The minimum atomic E-state index is -0.374. The van der Waals surface area contributed by atoms with Crippen molar-refractivity contribution in [1.82, 2.24) is 5.32 Å². The quantitative estimate of drug-likeness (QED) is 0.781. The molecular formula is C14H18FNO. The largest absolute Gasteiger partial charge is 0.355 e. The van der Waals surface area contributed by atoms with Gasteiger partial charge in [0, 0.05) is 6.54 Å². The van der Waals surface area contributed by atoms with Crippen molar-refractivity contribution < 1.29 is 9.18 Å². The molecule has 1 aliphatic carbocycles. The standard InChI is InChI=1S/C14H18FNO/c1-2-3-10-16-13(17)14(8-9-14)11-4-6-12(15)7-5-11/h4-7H,2-3,8-10H2,1H3,(H,16,17). The van der Waals surface area contributed by atoms with Gasteiger partial charge in [-0.25, -0.2) is 4.39 Å². The second-order valence-corrected chi connectivity index (χ2v) is 4.70. The monoisotopic (exact) mass is 235 g/mol. The summed E-state index contributed by atoms with van der Waals surface area (Å²) in [5, 5.41) is 2.97. The highest BCUT2D eigenvalue weighted by molar-refractivity contribution is 5.91. The first-order valence-corrected chi connectivity index (χ1v) is 6.23. The van der Waals surface area contributed by atoms with Crippen LogP contribution in [0.15, 0.2) is 24.3 Å². The van der Waals surface area contributed by atoms with Crippen LogP contribution in [0.1, 0.15) is 38.2 Å². The summed E-state index contributed by atoms with van der Waals surface area (Å²) in [5.41, 5.74) is 0.564. The molecule has 0 bridgehead atoms. The van der Waals surface area contributed by atoms with E-state index in [2.05, 4.69) is 12.2 Å². The first-order chi connectivity index (χ1) is 8.19. The Balaban J connectivity index is 2.03. The summed E-state index contributed by atoms with van der Waals surface area (Å²) >= 11 is 0. The number of benzene rings is 1. The van der Waals surface area contributed by atoms with Crippen molar-refractivity contribution >= 4 is 5.91 Å². The third-order valence-electron chi connectivity index (χ3n) is 3.40. The van der Waals surface area contributed by atoms with Gasteiger partial charge in [-0.3, -0.25) is 4.79 Å². The molecule has 0 aliphatic heterocycles. The van der Waals surface area contributed by atoms with Crippen LogP contribution >= 0.6 is 0 Å². The minimum Gasteiger partial charge on any atom is -0.355 e. The zero-order valence-electron chi connectivity index (χ0n) is 10.1. The SMILES string of the molecule is CCCCNC(=O)C1(c2ccc(F)cc2)CC1. The predicted molar refractivity (Wildman–Crippen MR) is 65.2 cm³/mol.